The van der Waals surface area contributed by atoms with E-state index in [0.29, 0.717) is 52.3 Å². The van der Waals surface area contributed by atoms with Crippen molar-refractivity contribution < 1.29 is 93.0 Å². The molecule has 12 heteroatoms. The maximum atomic E-state index is 14.1. The molecule has 4 aliphatic rings. The second-order valence-corrected chi connectivity index (χ2v) is 25.0. The molecule has 0 heterocycles. The van der Waals surface area contributed by atoms with Crippen molar-refractivity contribution in [3.63, 3.8) is 0 Å². The number of likely N-dealkylation sites (N-methyl/N-ethyl adjacent to an activating group) is 3. The average Bonchev–Trinajstić information content (AvgIpc) is 3.20. The van der Waals surface area contributed by atoms with Gasteiger partial charge in [0, 0.05) is 19.3 Å². The van der Waals surface area contributed by atoms with Gasteiger partial charge in [0.05, 0.1) is 61.9 Å². The third kappa shape index (κ3) is 29.1. The molecule has 4 bridgehead atoms. The zero-order valence-electron chi connectivity index (χ0n) is 47.2. The molecule has 70 heavy (non-hydrogen) atoms. The molecule has 4 saturated carbocycles. The summed E-state index contributed by atoms with van der Waals surface area (Å²) in [5, 5.41) is 0. The Kier molecular flexibility index (Phi) is 36.5. The van der Waals surface area contributed by atoms with Crippen LogP contribution in [0.3, 0.4) is 0 Å². The van der Waals surface area contributed by atoms with Crippen molar-refractivity contribution in [2.45, 2.75) is 269 Å². The first-order chi connectivity index (χ1) is 31.9. The number of ether oxygens (including phenoxy) is 3. The van der Waals surface area contributed by atoms with Crippen LogP contribution in [0.5, 0.6) is 0 Å². The minimum Gasteiger partial charge on any atom is -1.00 e. The van der Waals surface area contributed by atoms with Gasteiger partial charge in [0.15, 0.2) is 19.6 Å². The first kappa shape index (κ1) is 69.7. The molecule has 4 rings (SSSR count). The highest BCUT2D eigenvalue weighted by atomic mass is 79.9. The van der Waals surface area contributed by atoms with Crippen LogP contribution in [0.15, 0.2) is 0 Å². The summed E-state index contributed by atoms with van der Waals surface area (Å²) in [5.41, 5.74) is -2.43. The van der Waals surface area contributed by atoms with Crippen LogP contribution in [0, 0.1) is 5.92 Å². The van der Waals surface area contributed by atoms with Gasteiger partial charge in [0.2, 0.25) is 0 Å². The lowest BCUT2D eigenvalue weighted by molar-refractivity contribution is -0.883. The summed E-state index contributed by atoms with van der Waals surface area (Å²) in [7, 11) is 12.9. The van der Waals surface area contributed by atoms with E-state index in [9.17, 15) is 14.4 Å². The maximum absolute atomic E-state index is 14.1. The van der Waals surface area contributed by atoms with Gasteiger partial charge in [-0.25, -0.2) is 14.4 Å². The summed E-state index contributed by atoms with van der Waals surface area (Å²) in [5.74, 6) is -0.413. The molecule has 0 spiro atoms. The van der Waals surface area contributed by atoms with E-state index < -0.39 is 16.8 Å². The van der Waals surface area contributed by atoms with Crippen molar-refractivity contribution in [1.29, 1.82) is 0 Å². The van der Waals surface area contributed by atoms with Gasteiger partial charge in [-0.1, -0.05) is 175 Å². The third-order valence-corrected chi connectivity index (χ3v) is 15.9. The van der Waals surface area contributed by atoms with Crippen molar-refractivity contribution in [1.82, 2.24) is 0 Å². The number of carbonyl (C=O) groups excluding carboxylic acids is 3. The number of esters is 3. The molecule has 0 aliphatic heterocycles. The quantitative estimate of drug-likeness (QED) is 0.0378. The van der Waals surface area contributed by atoms with Crippen molar-refractivity contribution in [2.24, 2.45) is 5.92 Å². The van der Waals surface area contributed by atoms with Gasteiger partial charge in [0.1, 0.15) is 16.8 Å². The van der Waals surface area contributed by atoms with E-state index in [1.165, 1.54) is 173 Å². The summed E-state index contributed by atoms with van der Waals surface area (Å²) in [6.45, 7) is 10.5. The molecular formula is C58H112Br3N3O6. The standard InChI is InChI=1S/C58H112N3O6.3BrH/c1-10-13-16-19-22-25-28-31-34-37-40-59(4,5)46-53(62)65-56-43-52-44-57(49-56,66-54(63)47-60(6,7)41-38-35-32-29-26-23-20-17-14-11-2)51-58(45-52,50-56)67-55(64)48-61(8,9)42-39-36-33-30-27-24-21-18-15-12-3;;;/h52H,10-51H2,1-9H3;3*1H/q+3;;;/p-3. The highest BCUT2D eigenvalue weighted by Crippen LogP contribution is 2.63. The highest BCUT2D eigenvalue weighted by Gasteiger charge is 2.68. The van der Waals surface area contributed by atoms with Gasteiger partial charge < -0.3 is 78.6 Å². The van der Waals surface area contributed by atoms with E-state index in [2.05, 4.69) is 63.1 Å². The topological polar surface area (TPSA) is 78.9 Å². The monoisotopic (exact) mass is 1180 g/mol. The van der Waals surface area contributed by atoms with E-state index in [4.69, 9.17) is 14.2 Å². The second kappa shape index (κ2) is 36.7. The maximum Gasteiger partial charge on any atom is 0.362 e. The van der Waals surface area contributed by atoms with Gasteiger partial charge >= 0.3 is 17.9 Å². The molecule has 0 aromatic carbocycles. The van der Waals surface area contributed by atoms with Gasteiger partial charge in [-0.3, -0.25) is 0 Å². The van der Waals surface area contributed by atoms with Crippen LogP contribution < -0.4 is 50.9 Å². The van der Waals surface area contributed by atoms with Gasteiger partial charge in [0.25, 0.3) is 0 Å². The fourth-order valence-corrected chi connectivity index (χ4v) is 12.7. The number of nitrogens with zero attached hydrogens (tertiary/aromatic N) is 3. The van der Waals surface area contributed by atoms with Crippen molar-refractivity contribution in [3.8, 4) is 0 Å². The van der Waals surface area contributed by atoms with Crippen LogP contribution in [0.4, 0.5) is 0 Å². The molecule has 4 aliphatic carbocycles. The largest absolute Gasteiger partial charge is 1.00 e. The average molecular weight is 1190 g/mol. The van der Waals surface area contributed by atoms with E-state index in [1.54, 1.807) is 0 Å². The molecule has 0 N–H and O–H groups in total. The SMILES string of the molecule is CCCCCCCCCCCC[N+](C)(C)CC(=O)OC12CC3CC(OC(=O)C[N+](C)(C)CCCCCCCCCCCC)(C1)CC(OC(=O)C[N+](C)(C)CCCCCCCCCCCC)(C3)C2.[Br-].[Br-].[Br-]. The van der Waals surface area contributed by atoms with Gasteiger partial charge in [-0.05, 0) is 63.7 Å². The Hall–Kier alpha value is -0.270. The first-order valence-corrected chi connectivity index (χ1v) is 29.0. The van der Waals surface area contributed by atoms with Gasteiger partial charge in [-0.15, -0.1) is 0 Å². The Morgan fingerprint density at radius 1 is 0.343 bits per heavy atom. The third-order valence-electron chi connectivity index (χ3n) is 15.9. The summed E-state index contributed by atoms with van der Waals surface area (Å²) in [4.78, 5) is 42.2. The first-order valence-electron chi connectivity index (χ1n) is 29.0. The second-order valence-electron chi connectivity index (χ2n) is 25.0. The lowest BCUT2D eigenvalue weighted by Gasteiger charge is -2.63. The number of quaternary nitrogens is 3. The number of rotatable bonds is 42. The zero-order valence-corrected chi connectivity index (χ0v) is 52.0. The molecule has 9 nitrogen and oxygen atoms in total. The van der Waals surface area contributed by atoms with E-state index in [-0.39, 0.29) is 74.8 Å². The minimum atomic E-state index is -0.811. The smallest absolute Gasteiger partial charge is 0.362 e. The molecule has 0 saturated heterocycles. The van der Waals surface area contributed by atoms with E-state index >= 15 is 0 Å². The number of hydrogen-bond acceptors (Lipinski definition) is 6. The van der Waals surface area contributed by atoms with Crippen LogP contribution in [-0.4, -0.2) is 130 Å². The number of carbonyl (C=O) groups is 3. The van der Waals surface area contributed by atoms with Crippen molar-refractivity contribution in [3.05, 3.63) is 0 Å². The van der Waals surface area contributed by atoms with Gasteiger partial charge in [-0.2, -0.15) is 0 Å². The highest BCUT2D eigenvalue weighted by molar-refractivity contribution is 5.73. The van der Waals surface area contributed by atoms with E-state index in [0.717, 1.165) is 58.2 Å². The minimum absolute atomic E-state index is 0. The van der Waals surface area contributed by atoms with Crippen LogP contribution in [-0.2, 0) is 28.6 Å². The molecule has 0 unspecified atom stereocenters. The molecule has 0 aromatic heterocycles. The Balaban J connectivity index is 0.0000159. The van der Waals surface area contributed by atoms with Crippen molar-refractivity contribution in [2.75, 3.05) is 81.6 Å². The molecule has 416 valence electrons. The molecule has 0 radical (unpaired) electrons. The fraction of sp³-hybridized carbons (Fsp3) is 0.948. The van der Waals surface area contributed by atoms with Crippen LogP contribution >= 0.6 is 0 Å². The Bertz CT molecular complexity index is 1230. The predicted octanol–water partition coefficient (Wildman–Crippen LogP) is 4.83. The van der Waals surface area contributed by atoms with Crippen LogP contribution in [0.25, 0.3) is 0 Å². The lowest BCUT2D eigenvalue weighted by Crippen LogP contribution is -3.00. The molecule has 4 fully saturated rings. The molecule has 0 atom stereocenters. The summed E-state index contributed by atoms with van der Waals surface area (Å²) in [6.07, 6.45) is 42.5. The molecule has 0 aromatic rings. The fourth-order valence-electron chi connectivity index (χ4n) is 12.7. The summed E-state index contributed by atoms with van der Waals surface area (Å²) >= 11 is 0. The molecule has 0 amide bonds. The normalized spacial score (nSPS) is 21.6. The Morgan fingerprint density at radius 3 is 0.729 bits per heavy atom. The number of halogens is 3. The van der Waals surface area contributed by atoms with Crippen molar-refractivity contribution >= 4 is 17.9 Å². The van der Waals surface area contributed by atoms with Crippen LogP contribution in [0.2, 0.25) is 0 Å². The molecular weight excluding hydrogens is 1070 g/mol. The summed E-state index contributed by atoms with van der Waals surface area (Å²) in [6, 6.07) is 0. The lowest BCUT2D eigenvalue weighted by atomic mass is 9.50. The van der Waals surface area contributed by atoms with E-state index in [1.807, 2.05) is 0 Å². The summed E-state index contributed by atoms with van der Waals surface area (Å²) < 4.78 is 21.8. The predicted molar refractivity (Wildman–Crippen MR) is 279 cm³/mol. The Morgan fingerprint density at radius 2 is 0.529 bits per heavy atom. The zero-order chi connectivity index (χ0) is 49.1. The number of hydrogen-bond donors (Lipinski definition) is 0. The number of unbranched alkanes of at least 4 members (excludes halogenated alkanes) is 27. The Labute approximate surface area is 464 Å². The van der Waals surface area contributed by atoms with Crippen LogP contribution in [0.1, 0.15) is 252 Å².